The molecule has 5 nitrogen and oxygen atoms in total. The maximum Gasteiger partial charge on any atom is 0.258 e. The molecule has 0 atom stereocenters. The molecule has 1 aromatic carbocycles. The van der Waals surface area contributed by atoms with Gasteiger partial charge in [0.25, 0.3) is 11.6 Å². The highest BCUT2D eigenvalue weighted by atomic mass is 16.5. The number of nitrogens with zero attached hydrogens (tertiary/aromatic N) is 2. The first-order chi connectivity index (χ1) is 10.1. The molecule has 3 aromatic rings. The van der Waals surface area contributed by atoms with E-state index in [4.69, 9.17) is 4.52 Å². The van der Waals surface area contributed by atoms with Crippen LogP contribution in [0.3, 0.4) is 0 Å². The van der Waals surface area contributed by atoms with Gasteiger partial charge in [0.05, 0.1) is 16.6 Å². The minimum Gasteiger partial charge on any atom is -0.348 e. The number of carbonyl (C=O) groups excluding carboxylic acids is 1. The highest BCUT2D eigenvalue weighted by Crippen LogP contribution is 2.21. The Hall–Kier alpha value is -2.69. The molecule has 2 aromatic heterocycles. The van der Waals surface area contributed by atoms with Gasteiger partial charge in [-0.15, -0.1) is 0 Å². The number of hydrogen-bond acceptors (Lipinski definition) is 4. The van der Waals surface area contributed by atoms with Crippen LogP contribution in [0, 0.1) is 13.8 Å². The molecule has 1 N–H and O–H groups in total. The summed E-state index contributed by atoms with van der Waals surface area (Å²) in [7, 11) is 0. The van der Waals surface area contributed by atoms with Crippen molar-refractivity contribution in [2.24, 2.45) is 0 Å². The van der Waals surface area contributed by atoms with Gasteiger partial charge >= 0.3 is 0 Å². The van der Waals surface area contributed by atoms with Gasteiger partial charge in [0.2, 0.25) is 0 Å². The molecule has 0 aliphatic rings. The smallest absolute Gasteiger partial charge is 0.258 e. The van der Waals surface area contributed by atoms with Crippen LogP contribution in [-0.2, 0) is 6.54 Å². The van der Waals surface area contributed by atoms with Gasteiger partial charge in [-0.25, -0.2) is 4.98 Å². The Kier molecular flexibility index (Phi) is 3.39. The number of carbonyl (C=O) groups is 1. The molecule has 5 heteroatoms. The molecule has 0 saturated heterocycles. The average molecular weight is 281 g/mol. The highest BCUT2D eigenvalue weighted by molar-refractivity contribution is 6.05. The van der Waals surface area contributed by atoms with Crippen LogP contribution in [0.4, 0.5) is 0 Å². The first kappa shape index (κ1) is 13.3. The van der Waals surface area contributed by atoms with Gasteiger partial charge in [0.15, 0.2) is 0 Å². The number of amides is 1. The molecule has 21 heavy (non-hydrogen) atoms. The summed E-state index contributed by atoms with van der Waals surface area (Å²) in [6.45, 7) is 4.11. The monoisotopic (exact) mass is 281 g/mol. The van der Waals surface area contributed by atoms with Crippen LogP contribution in [-0.4, -0.2) is 16.0 Å². The summed E-state index contributed by atoms with van der Waals surface area (Å²) >= 11 is 0. The number of nitrogens with one attached hydrogen (secondary N) is 1. The second-order valence-corrected chi connectivity index (χ2v) is 4.93. The fraction of sp³-hybridized carbons (Fsp3) is 0.188. The number of hydrogen-bond donors (Lipinski definition) is 1. The lowest BCUT2D eigenvalue weighted by Crippen LogP contribution is -2.23. The lowest BCUT2D eigenvalue weighted by molar-refractivity contribution is 0.0952. The zero-order chi connectivity index (χ0) is 14.8. The lowest BCUT2D eigenvalue weighted by atomic mass is 10.1. The van der Waals surface area contributed by atoms with Gasteiger partial charge in [0.1, 0.15) is 0 Å². The molecule has 0 aliphatic heterocycles. The van der Waals surface area contributed by atoms with E-state index in [9.17, 15) is 4.79 Å². The first-order valence-electron chi connectivity index (χ1n) is 6.71. The number of benzene rings is 1. The van der Waals surface area contributed by atoms with Crippen LogP contribution < -0.4 is 5.32 Å². The summed E-state index contributed by atoms with van der Waals surface area (Å²) in [5.74, 6) is -0.152. The maximum atomic E-state index is 12.4. The summed E-state index contributed by atoms with van der Waals surface area (Å²) in [6, 6.07) is 11.5. The third-order valence-corrected chi connectivity index (χ3v) is 3.29. The van der Waals surface area contributed by atoms with Crippen molar-refractivity contribution in [1.82, 2.24) is 15.5 Å². The van der Waals surface area contributed by atoms with E-state index in [1.54, 1.807) is 13.0 Å². The fourth-order valence-electron chi connectivity index (χ4n) is 2.27. The van der Waals surface area contributed by atoms with Crippen molar-refractivity contribution >= 4 is 17.0 Å². The Morgan fingerprint density at radius 2 is 2.00 bits per heavy atom. The molecule has 0 spiro atoms. The van der Waals surface area contributed by atoms with E-state index >= 15 is 0 Å². The van der Waals surface area contributed by atoms with E-state index in [1.807, 2.05) is 37.3 Å². The van der Waals surface area contributed by atoms with Gasteiger partial charge < -0.3 is 9.84 Å². The normalized spacial score (nSPS) is 10.8. The zero-order valence-electron chi connectivity index (χ0n) is 11.9. The largest absolute Gasteiger partial charge is 0.348 e. The quantitative estimate of drug-likeness (QED) is 0.801. The van der Waals surface area contributed by atoms with Crippen molar-refractivity contribution < 1.29 is 9.32 Å². The Morgan fingerprint density at radius 1 is 1.24 bits per heavy atom. The van der Waals surface area contributed by atoms with Crippen molar-refractivity contribution in [3.05, 3.63) is 58.9 Å². The zero-order valence-corrected chi connectivity index (χ0v) is 11.9. The third kappa shape index (κ3) is 2.63. The average Bonchev–Trinajstić information content (AvgIpc) is 2.86. The van der Waals surface area contributed by atoms with Crippen LogP contribution in [0.5, 0.6) is 0 Å². The molecule has 0 saturated carbocycles. The number of pyridine rings is 1. The van der Waals surface area contributed by atoms with Crippen LogP contribution in [0.1, 0.15) is 27.3 Å². The Balaban J connectivity index is 1.89. The molecular formula is C16H15N3O2. The van der Waals surface area contributed by atoms with Gasteiger partial charge in [0, 0.05) is 12.2 Å². The second-order valence-electron chi connectivity index (χ2n) is 4.93. The number of fused-ring (bicyclic) bond motifs is 1. The number of rotatable bonds is 3. The molecule has 0 bridgehead atoms. The number of aromatic nitrogens is 2. The van der Waals surface area contributed by atoms with E-state index < -0.39 is 0 Å². The summed E-state index contributed by atoms with van der Waals surface area (Å²) in [4.78, 5) is 16.7. The predicted octanol–water partition coefficient (Wildman–Crippen LogP) is 2.77. The highest BCUT2D eigenvalue weighted by Gasteiger charge is 2.17. The predicted molar refractivity (Wildman–Crippen MR) is 78.9 cm³/mol. The van der Waals surface area contributed by atoms with E-state index in [2.05, 4.69) is 15.5 Å². The SMILES string of the molecule is Cc1cc(C(=O)NCc2ccccc2)c2c(C)noc2n1. The van der Waals surface area contributed by atoms with E-state index in [1.165, 1.54) is 0 Å². The van der Waals surface area contributed by atoms with Crippen molar-refractivity contribution in [1.29, 1.82) is 0 Å². The molecule has 106 valence electrons. The van der Waals surface area contributed by atoms with Gasteiger partial charge in [-0.3, -0.25) is 4.79 Å². The van der Waals surface area contributed by atoms with Gasteiger partial charge in [-0.2, -0.15) is 0 Å². The maximum absolute atomic E-state index is 12.4. The third-order valence-electron chi connectivity index (χ3n) is 3.29. The summed E-state index contributed by atoms with van der Waals surface area (Å²) in [6.07, 6.45) is 0. The molecule has 1 amide bonds. The lowest BCUT2D eigenvalue weighted by Gasteiger charge is -2.07. The van der Waals surface area contributed by atoms with E-state index in [-0.39, 0.29) is 5.91 Å². The van der Waals surface area contributed by atoms with Crippen molar-refractivity contribution in [3.63, 3.8) is 0 Å². The van der Waals surface area contributed by atoms with Gasteiger partial charge in [-0.05, 0) is 25.5 Å². The molecule has 2 heterocycles. The molecule has 0 radical (unpaired) electrons. The summed E-state index contributed by atoms with van der Waals surface area (Å²) < 4.78 is 5.14. The van der Waals surface area contributed by atoms with Crippen molar-refractivity contribution in [2.45, 2.75) is 20.4 Å². The van der Waals surface area contributed by atoms with E-state index in [0.29, 0.717) is 28.9 Å². The van der Waals surface area contributed by atoms with Crippen LogP contribution in [0.2, 0.25) is 0 Å². The standard InChI is InChI=1S/C16H15N3O2/c1-10-8-13(14-11(2)19-21-16(14)18-10)15(20)17-9-12-6-4-3-5-7-12/h3-8H,9H2,1-2H3,(H,17,20). The fourth-order valence-corrected chi connectivity index (χ4v) is 2.27. The topological polar surface area (TPSA) is 68.0 Å². The summed E-state index contributed by atoms with van der Waals surface area (Å²) in [5.41, 5.74) is 3.39. The molecule has 0 unspecified atom stereocenters. The van der Waals surface area contributed by atoms with Crippen molar-refractivity contribution in [3.8, 4) is 0 Å². The Bertz CT molecular complexity index is 794. The molecule has 0 fully saturated rings. The molecule has 3 rings (SSSR count). The minimum atomic E-state index is -0.152. The van der Waals surface area contributed by atoms with Crippen LogP contribution >= 0.6 is 0 Å². The molecular weight excluding hydrogens is 266 g/mol. The number of aryl methyl sites for hydroxylation is 2. The first-order valence-corrected chi connectivity index (χ1v) is 6.71. The minimum absolute atomic E-state index is 0.152. The second kappa shape index (κ2) is 5.36. The molecule has 0 aliphatic carbocycles. The van der Waals surface area contributed by atoms with Crippen molar-refractivity contribution in [2.75, 3.05) is 0 Å². The van der Waals surface area contributed by atoms with Crippen LogP contribution in [0.15, 0.2) is 40.9 Å². The van der Waals surface area contributed by atoms with E-state index in [0.717, 1.165) is 11.3 Å². The van der Waals surface area contributed by atoms with Crippen LogP contribution in [0.25, 0.3) is 11.1 Å². The summed E-state index contributed by atoms with van der Waals surface area (Å²) in [5, 5.41) is 7.47. The van der Waals surface area contributed by atoms with Gasteiger partial charge in [-0.1, -0.05) is 35.5 Å². The Labute approximate surface area is 122 Å². The Morgan fingerprint density at radius 3 is 2.76 bits per heavy atom.